The highest BCUT2D eigenvalue weighted by Gasteiger charge is 2.25. The minimum atomic E-state index is -0.644. The van der Waals surface area contributed by atoms with Crippen LogP contribution in [0, 0.1) is 29.6 Å². The molecule has 0 aliphatic carbocycles. The average molecular weight is 218 g/mol. The third-order valence-electron chi connectivity index (χ3n) is 1.84. The molecule has 0 aromatic carbocycles. The normalized spacial score (nSPS) is 9.62. The minimum Gasteiger partial charge on any atom is -0.459 e. The second kappa shape index (κ2) is 4.50. The van der Waals surface area contributed by atoms with E-state index in [0.717, 1.165) is 0 Å². The first-order valence-electron chi connectivity index (χ1n) is 4.65. The van der Waals surface area contributed by atoms with Crippen molar-refractivity contribution >= 4 is 5.97 Å². The van der Waals surface area contributed by atoms with Gasteiger partial charge >= 0.3 is 5.97 Å². The summed E-state index contributed by atoms with van der Waals surface area (Å²) in [5.74, 6) is -0.580. The smallest absolute Gasteiger partial charge is 0.343 e. The van der Waals surface area contributed by atoms with Crippen LogP contribution in [0.15, 0.2) is 4.42 Å². The molecule has 82 valence electrons. The van der Waals surface area contributed by atoms with E-state index in [-0.39, 0.29) is 28.8 Å². The molecule has 0 spiro atoms. The van der Waals surface area contributed by atoms with Crippen molar-refractivity contribution in [2.75, 3.05) is 0 Å². The summed E-state index contributed by atoms with van der Waals surface area (Å²) in [4.78, 5) is 11.6. The number of nitrogens with zero attached hydrogens (tertiary/aromatic N) is 2. The molecule has 0 saturated carbocycles. The molecule has 0 bridgehead atoms. The Bertz CT molecular complexity index is 501. The number of esters is 1. The first kappa shape index (κ1) is 11.8. The standard InChI is InChI=1S/C11H10N2O3/c1-6(2)15-11(14)10-7(3)16-9(5-13)8(10)4-12/h6H,1-3H3. The monoisotopic (exact) mass is 218 g/mol. The van der Waals surface area contributed by atoms with E-state index in [9.17, 15) is 4.79 Å². The molecule has 0 N–H and O–H groups in total. The Morgan fingerprint density at radius 3 is 2.44 bits per heavy atom. The lowest BCUT2D eigenvalue weighted by molar-refractivity contribution is 0.0375. The van der Waals surface area contributed by atoms with Gasteiger partial charge in [0.1, 0.15) is 29.0 Å². The lowest BCUT2D eigenvalue weighted by Crippen LogP contribution is -2.13. The lowest BCUT2D eigenvalue weighted by atomic mass is 10.1. The molecule has 5 heteroatoms. The fourth-order valence-corrected chi connectivity index (χ4v) is 1.25. The van der Waals surface area contributed by atoms with E-state index in [1.54, 1.807) is 26.0 Å². The van der Waals surface area contributed by atoms with Crippen LogP contribution >= 0.6 is 0 Å². The minimum absolute atomic E-state index is 0.0350. The number of hydrogen-bond donors (Lipinski definition) is 0. The van der Waals surface area contributed by atoms with Gasteiger partial charge in [-0.2, -0.15) is 10.5 Å². The van der Waals surface area contributed by atoms with Crippen molar-refractivity contribution < 1.29 is 13.9 Å². The highest BCUT2D eigenvalue weighted by atomic mass is 16.5. The van der Waals surface area contributed by atoms with Crippen LogP contribution in [-0.4, -0.2) is 12.1 Å². The largest absolute Gasteiger partial charge is 0.459 e. The average Bonchev–Trinajstić information content (AvgIpc) is 2.53. The third kappa shape index (κ3) is 2.04. The molecule has 1 aromatic rings. The van der Waals surface area contributed by atoms with Gasteiger partial charge in [0.05, 0.1) is 6.10 Å². The summed E-state index contributed by atoms with van der Waals surface area (Å²) >= 11 is 0. The van der Waals surface area contributed by atoms with E-state index in [1.165, 1.54) is 6.92 Å². The van der Waals surface area contributed by atoms with Crippen LogP contribution in [0.25, 0.3) is 0 Å². The van der Waals surface area contributed by atoms with Crippen LogP contribution in [0.3, 0.4) is 0 Å². The maximum Gasteiger partial charge on any atom is 0.343 e. The van der Waals surface area contributed by atoms with Gasteiger partial charge in [-0.25, -0.2) is 4.79 Å². The van der Waals surface area contributed by atoms with E-state index in [2.05, 4.69) is 0 Å². The number of rotatable bonds is 2. The van der Waals surface area contributed by atoms with E-state index in [4.69, 9.17) is 19.7 Å². The molecule has 1 rings (SSSR count). The van der Waals surface area contributed by atoms with Gasteiger partial charge in [0.25, 0.3) is 0 Å². The molecular weight excluding hydrogens is 208 g/mol. The van der Waals surface area contributed by atoms with E-state index >= 15 is 0 Å². The summed E-state index contributed by atoms with van der Waals surface area (Å²) in [6.45, 7) is 4.91. The van der Waals surface area contributed by atoms with Gasteiger partial charge in [0.15, 0.2) is 0 Å². The first-order chi connectivity index (χ1) is 7.51. The molecule has 0 aliphatic rings. The second-order valence-corrected chi connectivity index (χ2v) is 3.42. The zero-order valence-electron chi connectivity index (χ0n) is 9.20. The van der Waals surface area contributed by atoms with Crippen molar-refractivity contribution in [2.45, 2.75) is 26.9 Å². The molecule has 1 heterocycles. The lowest BCUT2D eigenvalue weighted by Gasteiger charge is -2.06. The molecule has 0 amide bonds. The molecule has 0 aliphatic heterocycles. The number of nitriles is 2. The van der Waals surface area contributed by atoms with Gasteiger partial charge < -0.3 is 9.15 Å². The van der Waals surface area contributed by atoms with Crippen molar-refractivity contribution in [3.05, 3.63) is 22.6 Å². The van der Waals surface area contributed by atoms with E-state index in [1.807, 2.05) is 0 Å². The highest BCUT2D eigenvalue weighted by Crippen LogP contribution is 2.22. The van der Waals surface area contributed by atoms with Gasteiger partial charge in [-0.1, -0.05) is 0 Å². The zero-order chi connectivity index (χ0) is 12.3. The van der Waals surface area contributed by atoms with Gasteiger partial charge in [0, 0.05) is 0 Å². The molecule has 0 unspecified atom stereocenters. The van der Waals surface area contributed by atoms with Crippen molar-refractivity contribution in [2.24, 2.45) is 0 Å². The highest BCUT2D eigenvalue weighted by molar-refractivity contribution is 5.94. The summed E-state index contributed by atoms with van der Waals surface area (Å²) in [5.41, 5.74) is -0.0293. The Balaban J connectivity index is 3.25. The van der Waals surface area contributed by atoms with Crippen LogP contribution in [0.2, 0.25) is 0 Å². The van der Waals surface area contributed by atoms with Crippen LogP contribution < -0.4 is 0 Å². The van der Waals surface area contributed by atoms with Crippen molar-refractivity contribution in [3.8, 4) is 12.1 Å². The summed E-state index contributed by atoms with van der Waals surface area (Å²) in [6, 6.07) is 3.49. The SMILES string of the molecule is Cc1oc(C#N)c(C#N)c1C(=O)OC(C)C. The molecule has 0 atom stereocenters. The Morgan fingerprint density at radius 1 is 1.38 bits per heavy atom. The molecule has 16 heavy (non-hydrogen) atoms. The Morgan fingerprint density at radius 2 is 2.00 bits per heavy atom. The van der Waals surface area contributed by atoms with Gasteiger partial charge in [0.2, 0.25) is 5.76 Å². The predicted octanol–water partition coefficient (Wildman–Crippen LogP) is 1.90. The van der Waals surface area contributed by atoms with E-state index in [0.29, 0.717) is 0 Å². The quantitative estimate of drug-likeness (QED) is 0.707. The molecule has 0 saturated heterocycles. The van der Waals surface area contributed by atoms with Crippen LogP contribution in [0.5, 0.6) is 0 Å². The number of ether oxygens (including phenoxy) is 1. The zero-order valence-corrected chi connectivity index (χ0v) is 9.20. The topological polar surface area (TPSA) is 87.0 Å². The van der Waals surface area contributed by atoms with Crippen LogP contribution in [-0.2, 0) is 4.74 Å². The van der Waals surface area contributed by atoms with Crippen LogP contribution in [0.4, 0.5) is 0 Å². The molecule has 0 radical (unpaired) electrons. The van der Waals surface area contributed by atoms with E-state index < -0.39 is 5.97 Å². The van der Waals surface area contributed by atoms with Gasteiger partial charge in [-0.15, -0.1) is 0 Å². The first-order valence-corrected chi connectivity index (χ1v) is 4.65. The summed E-state index contributed by atoms with van der Waals surface area (Å²) in [6.07, 6.45) is -0.293. The molecule has 0 fully saturated rings. The van der Waals surface area contributed by atoms with Crippen molar-refractivity contribution in [1.29, 1.82) is 10.5 Å². The number of hydrogen-bond acceptors (Lipinski definition) is 5. The second-order valence-electron chi connectivity index (χ2n) is 3.42. The van der Waals surface area contributed by atoms with Crippen molar-refractivity contribution in [3.63, 3.8) is 0 Å². The Hall–Kier alpha value is -2.27. The summed E-state index contributed by atoms with van der Waals surface area (Å²) in [7, 11) is 0. The Labute approximate surface area is 92.8 Å². The molecule has 5 nitrogen and oxygen atoms in total. The maximum absolute atomic E-state index is 11.6. The van der Waals surface area contributed by atoms with Gasteiger partial charge in [-0.3, -0.25) is 0 Å². The number of carbonyl (C=O) groups excluding carboxylic acids is 1. The summed E-state index contributed by atoms with van der Waals surface area (Å²) < 4.78 is 9.96. The molecule has 1 aromatic heterocycles. The number of carbonyl (C=O) groups is 1. The van der Waals surface area contributed by atoms with Gasteiger partial charge in [-0.05, 0) is 20.8 Å². The molecular formula is C11H10N2O3. The Kier molecular flexibility index (Phi) is 3.32. The third-order valence-corrected chi connectivity index (χ3v) is 1.84. The number of aryl methyl sites for hydroxylation is 1. The predicted molar refractivity (Wildman–Crippen MR) is 53.4 cm³/mol. The maximum atomic E-state index is 11.6. The fraction of sp³-hybridized carbons (Fsp3) is 0.364. The summed E-state index contributed by atoms with van der Waals surface area (Å²) in [5, 5.41) is 17.6. The number of furan rings is 1. The van der Waals surface area contributed by atoms with Crippen molar-refractivity contribution in [1.82, 2.24) is 0 Å². The van der Waals surface area contributed by atoms with Crippen LogP contribution in [0.1, 0.15) is 41.3 Å². The fourth-order valence-electron chi connectivity index (χ4n) is 1.25.